The number of hydrogen-bond donors (Lipinski definition) is 2. The Balaban J connectivity index is 0.000000968. The fourth-order valence-corrected chi connectivity index (χ4v) is 4.19. The summed E-state index contributed by atoms with van der Waals surface area (Å²) in [6, 6.07) is 11.5. The molecule has 4 rings (SSSR count). The van der Waals surface area contributed by atoms with Gasteiger partial charge in [0, 0.05) is 37.9 Å². The second-order valence-corrected chi connectivity index (χ2v) is 8.98. The Kier molecular flexibility index (Phi) is 9.03. The Bertz CT molecular complexity index is 881. The molecule has 0 saturated carbocycles. The monoisotopic (exact) mass is 454 g/mol. The number of piperazine rings is 1. The molecule has 2 saturated heterocycles. The van der Waals surface area contributed by atoms with Gasteiger partial charge in [0.2, 0.25) is 5.95 Å². The van der Waals surface area contributed by atoms with Crippen LogP contribution in [0.15, 0.2) is 36.5 Å². The van der Waals surface area contributed by atoms with Crippen molar-refractivity contribution in [1.29, 1.82) is 0 Å². The average molecular weight is 455 g/mol. The second kappa shape index (κ2) is 12.0. The number of nitrogens with one attached hydrogen (secondary N) is 2. The molecule has 1 amide bonds. The van der Waals surface area contributed by atoms with Gasteiger partial charge in [-0.2, -0.15) is 4.98 Å². The van der Waals surface area contributed by atoms with Crippen LogP contribution in [0.4, 0.5) is 16.6 Å². The van der Waals surface area contributed by atoms with Crippen molar-refractivity contribution in [2.45, 2.75) is 65.7 Å². The molecule has 3 unspecified atom stereocenters. The predicted molar refractivity (Wildman–Crippen MR) is 133 cm³/mol. The highest BCUT2D eigenvalue weighted by atomic mass is 16.6. The molecule has 0 aliphatic carbocycles. The number of carbonyl (C=O) groups excluding carboxylic acids is 1. The largest absolute Gasteiger partial charge is 0.447 e. The molecule has 2 aliphatic heterocycles. The zero-order chi connectivity index (χ0) is 23.8. The van der Waals surface area contributed by atoms with Gasteiger partial charge >= 0.3 is 6.09 Å². The van der Waals surface area contributed by atoms with Gasteiger partial charge in [0.05, 0.1) is 12.6 Å². The molecule has 3 heterocycles. The van der Waals surface area contributed by atoms with E-state index in [1.165, 1.54) is 16.9 Å². The van der Waals surface area contributed by atoms with E-state index in [-0.39, 0.29) is 12.1 Å². The number of ether oxygens (including phenoxy) is 1. The van der Waals surface area contributed by atoms with Crippen LogP contribution >= 0.6 is 0 Å². The normalized spacial score (nSPS) is 21.7. The van der Waals surface area contributed by atoms with Gasteiger partial charge in [-0.15, -0.1) is 0 Å². The Morgan fingerprint density at radius 1 is 1.15 bits per heavy atom. The minimum atomic E-state index is -0.364. The Morgan fingerprint density at radius 3 is 2.42 bits per heavy atom. The van der Waals surface area contributed by atoms with E-state index in [0.717, 1.165) is 25.2 Å². The molecule has 8 heteroatoms. The minimum Gasteiger partial charge on any atom is -0.447 e. The maximum absolute atomic E-state index is 11.8. The Labute approximate surface area is 197 Å². The summed E-state index contributed by atoms with van der Waals surface area (Å²) in [5.74, 6) is 1.05. The molecule has 0 bridgehead atoms. The van der Waals surface area contributed by atoms with Gasteiger partial charge in [0.25, 0.3) is 0 Å². The predicted octanol–water partition coefficient (Wildman–Crippen LogP) is 4.20. The third-order valence-corrected chi connectivity index (χ3v) is 5.54. The molecule has 2 N–H and O–H groups in total. The summed E-state index contributed by atoms with van der Waals surface area (Å²) < 4.78 is 4.99. The van der Waals surface area contributed by atoms with Crippen molar-refractivity contribution < 1.29 is 9.53 Å². The molecule has 3 atom stereocenters. The van der Waals surface area contributed by atoms with Crippen LogP contribution in [0.5, 0.6) is 0 Å². The van der Waals surface area contributed by atoms with Gasteiger partial charge in [-0.05, 0) is 38.0 Å². The molecule has 0 spiro atoms. The molecule has 2 aliphatic rings. The van der Waals surface area contributed by atoms with E-state index < -0.39 is 0 Å². The van der Waals surface area contributed by atoms with Gasteiger partial charge < -0.3 is 15.4 Å². The summed E-state index contributed by atoms with van der Waals surface area (Å²) in [7, 11) is 0. The third kappa shape index (κ3) is 7.14. The van der Waals surface area contributed by atoms with Crippen molar-refractivity contribution >= 4 is 17.9 Å². The molecule has 180 valence electrons. The van der Waals surface area contributed by atoms with Crippen LogP contribution in [0.2, 0.25) is 0 Å². The quantitative estimate of drug-likeness (QED) is 0.677. The SMILES string of the molecule is CC1CN(Cc2ccc(C(C)Nc3nccc(N4CCOC4=O)n3)cc2)CC(C)N1.CCC. The summed E-state index contributed by atoms with van der Waals surface area (Å²) in [5.41, 5.74) is 2.48. The topological polar surface area (TPSA) is 82.6 Å². The van der Waals surface area contributed by atoms with Crippen LogP contribution in [0.3, 0.4) is 0 Å². The smallest absolute Gasteiger partial charge is 0.415 e. The summed E-state index contributed by atoms with van der Waals surface area (Å²) in [6.45, 7) is 14.8. The van der Waals surface area contributed by atoms with Crippen molar-refractivity contribution in [1.82, 2.24) is 20.2 Å². The summed E-state index contributed by atoms with van der Waals surface area (Å²) >= 11 is 0. The number of amides is 1. The lowest BCUT2D eigenvalue weighted by Crippen LogP contribution is -2.53. The highest BCUT2D eigenvalue weighted by molar-refractivity contribution is 5.88. The zero-order valence-corrected chi connectivity index (χ0v) is 20.5. The first kappa shape index (κ1) is 24.9. The molecular weight excluding hydrogens is 416 g/mol. The fourth-order valence-electron chi connectivity index (χ4n) is 4.19. The molecule has 1 aromatic carbocycles. The van der Waals surface area contributed by atoms with Crippen molar-refractivity contribution in [3.63, 3.8) is 0 Å². The van der Waals surface area contributed by atoms with Crippen molar-refractivity contribution in [3.05, 3.63) is 47.7 Å². The lowest BCUT2D eigenvalue weighted by atomic mass is 10.0. The molecule has 2 aromatic rings. The molecule has 2 fully saturated rings. The second-order valence-electron chi connectivity index (χ2n) is 8.98. The van der Waals surface area contributed by atoms with E-state index in [9.17, 15) is 4.79 Å². The van der Waals surface area contributed by atoms with Crippen molar-refractivity contribution in [3.8, 4) is 0 Å². The van der Waals surface area contributed by atoms with E-state index >= 15 is 0 Å². The van der Waals surface area contributed by atoms with Gasteiger partial charge in [-0.3, -0.25) is 9.80 Å². The summed E-state index contributed by atoms with van der Waals surface area (Å²) in [5, 5.41) is 6.91. The van der Waals surface area contributed by atoms with E-state index in [2.05, 4.69) is 84.4 Å². The average Bonchev–Trinajstić information content (AvgIpc) is 3.20. The van der Waals surface area contributed by atoms with Gasteiger partial charge in [-0.1, -0.05) is 44.5 Å². The first-order chi connectivity index (χ1) is 15.9. The summed E-state index contributed by atoms with van der Waals surface area (Å²) in [6.07, 6.45) is 2.54. The number of benzene rings is 1. The third-order valence-electron chi connectivity index (χ3n) is 5.54. The number of hydrogen-bond acceptors (Lipinski definition) is 7. The number of nitrogens with zero attached hydrogens (tertiary/aromatic N) is 4. The van der Waals surface area contributed by atoms with Gasteiger partial charge in [0.1, 0.15) is 12.4 Å². The number of rotatable bonds is 6. The highest BCUT2D eigenvalue weighted by Crippen LogP contribution is 2.21. The molecule has 8 nitrogen and oxygen atoms in total. The Morgan fingerprint density at radius 2 is 1.82 bits per heavy atom. The van der Waals surface area contributed by atoms with E-state index in [4.69, 9.17) is 4.74 Å². The number of cyclic esters (lactones) is 1. The van der Waals surface area contributed by atoms with E-state index in [1.54, 1.807) is 12.3 Å². The minimum absolute atomic E-state index is 0.0408. The standard InChI is InChI=1S/C22H30N6O2.C3H8/c1-15-12-27(13-16(2)24-15)14-18-4-6-19(7-5-18)17(3)25-21-23-9-8-20(26-21)28-10-11-30-22(28)29;1-3-2/h4-9,15-17,24H,10-14H2,1-3H3,(H,23,25,26);3H2,1-2H3. The Hall–Kier alpha value is -2.71. The van der Waals surface area contributed by atoms with E-state index in [1.807, 2.05) is 0 Å². The number of anilines is 2. The number of aromatic nitrogens is 2. The number of carbonyl (C=O) groups is 1. The van der Waals surface area contributed by atoms with Crippen LogP contribution < -0.4 is 15.5 Å². The van der Waals surface area contributed by atoms with Crippen LogP contribution in [0.25, 0.3) is 0 Å². The van der Waals surface area contributed by atoms with Crippen LogP contribution in [-0.4, -0.2) is 59.3 Å². The fraction of sp³-hybridized carbons (Fsp3) is 0.560. The molecular formula is C25H38N6O2. The zero-order valence-electron chi connectivity index (χ0n) is 20.5. The first-order valence-electron chi connectivity index (χ1n) is 12.0. The highest BCUT2D eigenvalue weighted by Gasteiger charge is 2.25. The lowest BCUT2D eigenvalue weighted by Gasteiger charge is -2.36. The molecule has 0 radical (unpaired) electrons. The maximum Gasteiger partial charge on any atom is 0.415 e. The van der Waals surface area contributed by atoms with Crippen LogP contribution in [0, 0.1) is 0 Å². The first-order valence-corrected chi connectivity index (χ1v) is 12.0. The van der Waals surface area contributed by atoms with Crippen LogP contribution in [0.1, 0.15) is 58.2 Å². The summed E-state index contributed by atoms with van der Waals surface area (Å²) in [4.78, 5) is 24.5. The van der Waals surface area contributed by atoms with E-state index in [0.29, 0.717) is 37.0 Å². The molecule has 33 heavy (non-hydrogen) atoms. The van der Waals surface area contributed by atoms with Crippen molar-refractivity contribution in [2.24, 2.45) is 0 Å². The van der Waals surface area contributed by atoms with Crippen LogP contribution in [-0.2, 0) is 11.3 Å². The maximum atomic E-state index is 11.8. The van der Waals surface area contributed by atoms with Gasteiger partial charge in [-0.25, -0.2) is 9.78 Å². The lowest BCUT2D eigenvalue weighted by molar-refractivity contribution is 0.166. The van der Waals surface area contributed by atoms with Gasteiger partial charge in [0.15, 0.2) is 0 Å². The molecule has 1 aromatic heterocycles. The van der Waals surface area contributed by atoms with Crippen molar-refractivity contribution in [2.75, 3.05) is 36.5 Å².